The standard InChI is InChI=1S/C21H26N4O2/c1-14-12-24(7-8-27-14)19-11-20(26)23-21(22-19)25-13-16-10-17(16)18(25)9-15-5-3-2-4-6-15/h2-6,11,14,16-18H,7-10,12-13H2,1H3,(H,22,23,26)/t14?,16-,17-,18+/m1/s1. The molecule has 0 amide bonds. The lowest BCUT2D eigenvalue weighted by Gasteiger charge is -2.33. The molecule has 27 heavy (non-hydrogen) atoms. The molecule has 5 rings (SSSR count). The summed E-state index contributed by atoms with van der Waals surface area (Å²) >= 11 is 0. The maximum absolute atomic E-state index is 12.4. The van der Waals surface area contributed by atoms with Crippen LogP contribution in [0.15, 0.2) is 41.2 Å². The van der Waals surface area contributed by atoms with Crippen molar-refractivity contribution < 1.29 is 4.74 Å². The molecule has 6 nitrogen and oxygen atoms in total. The fourth-order valence-electron chi connectivity index (χ4n) is 4.69. The highest BCUT2D eigenvalue weighted by molar-refractivity contribution is 5.47. The zero-order chi connectivity index (χ0) is 18.4. The molecule has 0 spiro atoms. The summed E-state index contributed by atoms with van der Waals surface area (Å²) in [4.78, 5) is 24.7. The van der Waals surface area contributed by atoms with E-state index in [1.54, 1.807) is 6.07 Å². The van der Waals surface area contributed by atoms with E-state index in [1.807, 2.05) is 0 Å². The molecule has 1 aromatic carbocycles. The Labute approximate surface area is 159 Å². The molecule has 3 heterocycles. The Bertz CT molecular complexity index is 868. The van der Waals surface area contributed by atoms with Gasteiger partial charge in [-0.15, -0.1) is 0 Å². The SMILES string of the molecule is CC1CN(c2cc(=O)[nH]c(N3C[C@H]4C[C@H]4[C@@H]3Cc3ccccc3)n2)CCO1. The number of aromatic nitrogens is 2. The fraction of sp³-hybridized carbons (Fsp3) is 0.524. The molecule has 1 saturated carbocycles. The van der Waals surface area contributed by atoms with Crippen LogP contribution in [0, 0.1) is 11.8 Å². The van der Waals surface area contributed by atoms with Gasteiger partial charge in [-0.05, 0) is 37.2 Å². The number of fused-ring (bicyclic) bond motifs is 1. The third-order valence-electron chi connectivity index (χ3n) is 6.14. The average molecular weight is 366 g/mol. The van der Waals surface area contributed by atoms with Gasteiger partial charge < -0.3 is 14.5 Å². The minimum Gasteiger partial charge on any atom is -0.375 e. The molecule has 1 aromatic heterocycles. The van der Waals surface area contributed by atoms with Crippen LogP contribution in [0.4, 0.5) is 11.8 Å². The summed E-state index contributed by atoms with van der Waals surface area (Å²) in [5, 5.41) is 0. The zero-order valence-electron chi connectivity index (χ0n) is 15.7. The molecule has 1 unspecified atom stereocenters. The maximum Gasteiger partial charge on any atom is 0.254 e. The number of ether oxygens (including phenoxy) is 1. The number of aromatic amines is 1. The van der Waals surface area contributed by atoms with Crippen LogP contribution in [-0.2, 0) is 11.2 Å². The number of benzene rings is 1. The molecule has 1 N–H and O–H groups in total. The van der Waals surface area contributed by atoms with E-state index in [-0.39, 0.29) is 11.7 Å². The Kier molecular flexibility index (Phi) is 4.16. The van der Waals surface area contributed by atoms with Gasteiger partial charge in [-0.3, -0.25) is 9.78 Å². The summed E-state index contributed by atoms with van der Waals surface area (Å²) in [6.45, 7) is 5.28. The minimum absolute atomic E-state index is 0.0758. The predicted octanol–water partition coefficient (Wildman–Crippen LogP) is 2.06. The summed E-state index contributed by atoms with van der Waals surface area (Å²) in [7, 11) is 0. The van der Waals surface area contributed by atoms with E-state index in [2.05, 4.69) is 52.0 Å². The minimum atomic E-state index is -0.0758. The monoisotopic (exact) mass is 366 g/mol. The van der Waals surface area contributed by atoms with Crippen molar-refractivity contribution in [2.75, 3.05) is 36.0 Å². The largest absolute Gasteiger partial charge is 0.375 e. The van der Waals surface area contributed by atoms with Crippen molar-refractivity contribution in [2.45, 2.75) is 31.9 Å². The number of rotatable bonds is 4. The normalized spacial score (nSPS) is 29.7. The number of H-pyrrole nitrogens is 1. The Hall–Kier alpha value is -2.34. The fourth-order valence-corrected chi connectivity index (χ4v) is 4.69. The third kappa shape index (κ3) is 3.34. The Morgan fingerprint density at radius 3 is 2.93 bits per heavy atom. The van der Waals surface area contributed by atoms with Crippen molar-refractivity contribution in [3.05, 3.63) is 52.3 Å². The maximum atomic E-state index is 12.4. The van der Waals surface area contributed by atoms with E-state index < -0.39 is 0 Å². The second-order valence-corrected chi connectivity index (χ2v) is 8.12. The van der Waals surface area contributed by atoms with Crippen LogP contribution in [0.1, 0.15) is 18.9 Å². The van der Waals surface area contributed by atoms with E-state index in [0.29, 0.717) is 12.6 Å². The summed E-state index contributed by atoms with van der Waals surface area (Å²) in [5.41, 5.74) is 1.27. The molecule has 2 aliphatic heterocycles. The molecule has 4 atom stereocenters. The highest BCUT2D eigenvalue weighted by Crippen LogP contribution is 2.51. The van der Waals surface area contributed by atoms with Crippen LogP contribution in [0.3, 0.4) is 0 Å². The molecule has 0 bridgehead atoms. The Morgan fingerprint density at radius 1 is 1.26 bits per heavy atom. The predicted molar refractivity (Wildman–Crippen MR) is 105 cm³/mol. The first kappa shape index (κ1) is 16.8. The van der Waals surface area contributed by atoms with E-state index in [0.717, 1.165) is 49.7 Å². The van der Waals surface area contributed by atoms with Crippen molar-refractivity contribution >= 4 is 11.8 Å². The molecular formula is C21H26N4O2. The highest BCUT2D eigenvalue weighted by Gasteiger charge is 2.52. The molecule has 0 radical (unpaired) electrons. The first-order valence-electron chi connectivity index (χ1n) is 9.96. The van der Waals surface area contributed by atoms with Crippen LogP contribution < -0.4 is 15.4 Å². The lowest BCUT2D eigenvalue weighted by atomic mass is 10.0. The molecule has 2 saturated heterocycles. The smallest absolute Gasteiger partial charge is 0.254 e. The Balaban J connectivity index is 1.42. The van der Waals surface area contributed by atoms with Crippen molar-refractivity contribution in [1.29, 1.82) is 0 Å². The van der Waals surface area contributed by atoms with E-state index in [1.165, 1.54) is 12.0 Å². The van der Waals surface area contributed by atoms with Gasteiger partial charge in [-0.1, -0.05) is 30.3 Å². The van der Waals surface area contributed by atoms with Gasteiger partial charge in [-0.2, -0.15) is 4.98 Å². The summed E-state index contributed by atoms with van der Waals surface area (Å²) < 4.78 is 5.63. The average Bonchev–Trinajstić information content (AvgIpc) is 3.36. The molecule has 3 aliphatic rings. The van der Waals surface area contributed by atoms with Gasteiger partial charge in [0.25, 0.3) is 5.56 Å². The van der Waals surface area contributed by atoms with E-state index >= 15 is 0 Å². The van der Waals surface area contributed by atoms with E-state index in [9.17, 15) is 4.79 Å². The van der Waals surface area contributed by atoms with Gasteiger partial charge in [0.1, 0.15) is 5.82 Å². The van der Waals surface area contributed by atoms with E-state index in [4.69, 9.17) is 9.72 Å². The number of hydrogen-bond donors (Lipinski definition) is 1. The lowest BCUT2D eigenvalue weighted by molar-refractivity contribution is 0.0529. The second-order valence-electron chi connectivity index (χ2n) is 8.12. The van der Waals surface area contributed by atoms with Crippen molar-refractivity contribution in [2.24, 2.45) is 11.8 Å². The Morgan fingerprint density at radius 2 is 2.11 bits per heavy atom. The van der Waals surface area contributed by atoms with Crippen molar-refractivity contribution in [1.82, 2.24) is 9.97 Å². The first-order valence-corrected chi connectivity index (χ1v) is 9.96. The summed E-state index contributed by atoms with van der Waals surface area (Å²) in [5.74, 6) is 2.96. The number of nitrogens with zero attached hydrogens (tertiary/aromatic N) is 3. The van der Waals surface area contributed by atoms with Gasteiger partial charge in [0.05, 0.1) is 12.7 Å². The van der Waals surface area contributed by atoms with Gasteiger partial charge in [0, 0.05) is 31.7 Å². The zero-order valence-corrected chi connectivity index (χ0v) is 15.7. The van der Waals surface area contributed by atoms with Crippen LogP contribution in [0.5, 0.6) is 0 Å². The van der Waals surface area contributed by atoms with Crippen LogP contribution in [0.2, 0.25) is 0 Å². The topological polar surface area (TPSA) is 61.5 Å². The molecule has 3 fully saturated rings. The number of piperidine rings is 1. The number of anilines is 2. The number of hydrogen-bond acceptors (Lipinski definition) is 5. The number of nitrogens with one attached hydrogen (secondary N) is 1. The summed E-state index contributed by atoms with van der Waals surface area (Å²) in [6.07, 6.45) is 2.47. The van der Waals surface area contributed by atoms with Gasteiger partial charge in [0.15, 0.2) is 0 Å². The van der Waals surface area contributed by atoms with Gasteiger partial charge in [0.2, 0.25) is 5.95 Å². The first-order chi connectivity index (χ1) is 13.2. The quantitative estimate of drug-likeness (QED) is 0.898. The molecule has 142 valence electrons. The summed E-state index contributed by atoms with van der Waals surface area (Å²) in [6, 6.07) is 12.7. The molecule has 6 heteroatoms. The van der Waals surface area contributed by atoms with Crippen molar-refractivity contribution in [3.8, 4) is 0 Å². The van der Waals surface area contributed by atoms with Crippen LogP contribution >= 0.6 is 0 Å². The highest BCUT2D eigenvalue weighted by atomic mass is 16.5. The lowest BCUT2D eigenvalue weighted by Crippen LogP contribution is -2.43. The molecule has 2 aromatic rings. The number of morpholine rings is 1. The van der Waals surface area contributed by atoms with Gasteiger partial charge >= 0.3 is 0 Å². The van der Waals surface area contributed by atoms with Crippen LogP contribution in [0.25, 0.3) is 0 Å². The third-order valence-corrected chi connectivity index (χ3v) is 6.14. The van der Waals surface area contributed by atoms with Gasteiger partial charge in [-0.25, -0.2) is 0 Å². The van der Waals surface area contributed by atoms with Crippen LogP contribution in [-0.4, -0.2) is 48.4 Å². The van der Waals surface area contributed by atoms with Crippen molar-refractivity contribution in [3.63, 3.8) is 0 Å². The molecule has 1 aliphatic carbocycles. The molecular weight excluding hydrogens is 340 g/mol. The second kappa shape index (κ2) is 6.68.